The summed E-state index contributed by atoms with van der Waals surface area (Å²) in [6.07, 6.45) is 0.953. The highest BCUT2D eigenvalue weighted by Gasteiger charge is 2.20. The van der Waals surface area contributed by atoms with Crippen LogP contribution in [0, 0.1) is 0 Å². The van der Waals surface area contributed by atoms with Crippen LogP contribution in [-0.2, 0) is 9.47 Å². The molecule has 3 aromatic carbocycles. The molecule has 1 heterocycles. The first-order valence-corrected chi connectivity index (χ1v) is 14.0. The number of ether oxygens (including phenoxy) is 2. The van der Waals surface area contributed by atoms with Gasteiger partial charge in [0.15, 0.2) is 5.88 Å². The number of rotatable bonds is 10. The second kappa shape index (κ2) is 13.4. The highest BCUT2D eigenvalue weighted by Crippen LogP contribution is 2.32. The number of esters is 1. The van der Waals surface area contributed by atoms with Crippen LogP contribution < -0.4 is 11.1 Å². The number of benzene rings is 3. The number of amides is 1. The lowest BCUT2D eigenvalue weighted by atomic mass is 9.99. The number of alkyl carbamates (subject to hydrolysis) is 1. The maximum Gasteiger partial charge on any atom is 0.407 e. The number of aromatic amines is 1. The number of hydrogen-bond acceptors (Lipinski definition) is 7. The first kappa shape index (κ1) is 30.3. The van der Waals surface area contributed by atoms with Crippen molar-refractivity contribution in [2.75, 3.05) is 13.2 Å². The molecule has 42 heavy (non-hydrogen) atoms. The molecule has 9 heteroatoms. The molecule has 0 radical (unpaired) electrons. The molecule has 1 atom stereocenters. The van der Waals surface area contributed by atoms with Crippen LogP contribution in [0.2, 0.25) is 0 Å². The molecular weight excluding hydrogens is 532 g/mol. The van der Waals surface area contributed by atoms with Crippen molar-refractivity contribution in [3.8, 4) is 5.88 Å². The van der Waals surface area contributed by atoms with Crippen LogP contribution in [0.5, 0.6) is 5.88 Å². The minimum Gasteiger partial charge on any atom is -0.494 e. The van der Waals surface area contributed by atoms with Gasteiger partial charge in [0.05, 0.1) is 29.1 Å². The predicted molar refractivity (Wildman–Crippen MR) is 165 cm³/mol. The number of fused-ring (bicyclic) bond motifs is 1. The first-order valence-electron chi connectivity index (χ1n) is 14.0. The number of carbonyl (C=O) groups is 2. The number of aromatic nitrogens is 1. The van der Waals surface area contributed by atoms with Crippen molar-refractivity contribution in [1.29, 1.82) is 0 Å². The summed E-state index contributed by atoms with van der Waals surface area (Å²) in [4.78, 5) is 32.0. The molecule has 0 aliphatic heterocycles. The van der Waals surface area contributed by atoms with Crippen LogP contribution >= 0.6 is 0 Å². The topological polar surface area (TPSA) is 139 Å². The van der Waals surface area contributed by atoms with Crippen LogP contribution in [0.3, 0.4) is 0 Å². The molecule has 1 unspecified atom stereocenters. The molecule has 0 saturated heterocycles. The smallest absolute Gasteiger partial charge is 0.407 e. The van der Waals surface area contributed by atoms with Crippen molar-refractivity contribution < 1.29 is 24.2 Å². The van der Waals surface area contributed by atoms with Gasteiger partial charge in [0.1, 0.15) is 5.60 Å². The molecule has 0 spiro atoms. The molecule has 4 rings (SSSR count). The summed E-state index contributed by atoms with van der Waals surface area (Å²) < 4.78 is 10.4. The van der Waals surface area contributed by atoms with Gasteiger partial charge in [-0.15, -0.1) is 0 Å². The van der Waals surface area contributed by atoms with E-state index in [-0.39, 0.29) is 18.5 Å². The third kappa shape index (κ3) is 7.76. The largest absolute Gasteiger partial charge is 0.494 e. The zero-order valence-electron chi connectivity index (χ0n) is 24.4. The van der Waals surface area contributed by atoms with E-state index in [4.69, 9.17) is 20.2 Å². The number of carbonyl (C=O) groups excluding carboxylic acids is 2. The highest BCUT2D eigenvalue weighted by molar-refractivity contribution is 6.22. The molecular formula is C33H38N4O5. The fourth-order valence-corrected chi connectivity index (χ4v) is 4.54. The molecule has 220 valence electrons. The van der Waals surface area contributed by atoms with E-state index in [1.54, 1.807) is 25.1 Å². The fourth-order valence-electron chi connectivity index (χ4n) is 4.54. The zero-order chi connectivity index (χ0) is 30.3. The third-order valence-corrected chi connectivity index (χ3v) is 6.50. The molecule has 4 aromatic rings. The monoisotopic (exact) mass is 570 g/mol. The summed E-state index contributed by atoms with van der Waals surface area (Å²) in [5, 5.41) is 14.5. The number of aliphatic imine (C=N–C) groups is 1. The van der Waals surface area contributed by atoms with E-state index in [0.29, 0.717) is 47.4 Å². The van der Waals surface area contributed by atoms with E-state index >= 15 is 0 Å². The normalized spacial score (nSPS) is 12.6. The van der Waals surface area contributed by atoms with E-state index < -0.39 is 17.7 Å². The van der Waals surface area contributed by atoms with Gasteiger partial charge >= 0.3 is 12.1 Å². The molecule has 0 fully saturated rings. The molecule has 0 bridgehead atoms. The van der Waals surface area contributed by atoms with E-state index in [1.165, 1.54) is 0 Å². The zero-order valence-corrected chi connectivity index (χ0v) is 24.4. The van der Waals surface area contributed by atoms with E-state index in [2.05, 4.69) is 10.3 Å². The van der Waals surface area contributed by atoms with Crippen molar-refractivity contribution >= 4 is 34.4 Å². The summed E-state index contributed by atoms with van der Waals surface area (Å²) in [6, 6.07) is 22.2. The maximum absolute atomic E-state index is 12.2. The number of H-pyrrole nitrogens is 1. The van der Waals surface area contributed by atoms with Gasteiger partial charge in [-0.25, -0.2) is 14.6 Å². The molecule has 5 N–H and O–H groups in total. The van der Waals surface area contributed by atoms with E-state index in [0.717, 1.165) is 16.5 Å². The van der Waals surface area contributed by atoms with Gasteiger partial charge in [-0.1, -0.05) is 48.5 Å². The second-order valence-electron chi connectivity index (χ2n) is 10.9. The van der Waals surface area contributed by atoms with Gasteiger partial charge in [-0.2, -0.15) is 0 Å². The number of aromatic hydroxyl groups is 1. The van der Waals surface area contributed by atoms with E-state index in [9.17, 15) is 14.7 Å². The molecule has 1 aromatic heterocycles. The number of nitrogens with zero attached hydrogens (tertiary/aromatic N) is 1. The number of nitrogens with one attached hydrogen (secondary N) is 2. The minimum atomic E-state index is -0.536. The standard InChI is InChI=1S/C33H38N4O5/c1-5-41-31(39)23-15-18-25-27(20-23)37-30(38)28(25)29(22-10-7-6-8-11-22)36-24-16-13-21(14-17-24)26(34)12-9-19-35-32(40)42-33(2,3)4/h6-8,10-11,13-18,20,26,37-38H,5,9,12,19,34H2,1-4H3,(H,35,40). The van der Waals surface area contributed by atoms with Crippen LogP contribution in [0.1, 0.15) is 73.6 Å². The molecule has 0 aliphatic rings. The van der Waals surface area contributed by atoms with Crippen molar-refractivity contribution in [1.82, 2.24) is 10.3 Å². The molecule has 9 nitrogen and oxygen atoms in total. The van der Waals surface area contributed by atoms with Gasteiger partial charge in [0.25, 0.3) is 0 Å². The Labute approximate surface area is 245 Å². The number of hydrogen-bond donors (Lipinski definition) is 4. The Morgan fingerprint density at radius 2 is 1.74 bits per heavy atom. The summed E-state index contributed by atoms with van der Waals surface area (Å²) >= 11 is 0. The van der Waals surface area contributed by atoms with Crippen LogP contribution in [-0.4, -0.2) is 46.6 Å². The Morgan fingerprint density at radius 3 is 2.40 bits per heavy atom. The summed E-state index contributed by atoms with van der Waals surface area (Å²) in [5.74, 6) is -0.475. The summed E-state index contributed by atoms with van der Waals surface area (Å²) in [6.45, 7) is 7.98. The van der Waals surface area contributed by atoms with Gasteiger partial charge in [-0.05, 0) is 70.4 Å². The second-order valence-corrected chi connectivity index (χ2v) is 10.9. The quantitative estimate of drug-likeness (QED) is 0.0972. The average Bonchev–Trinajstić information content (AvgIpc) is 3.28. The lowest BCUT2D eigenvalue weighted by molar-refractivity contribution is 0.0516. The number of nitrogens with two attached hydrogens (primary N) is 1. The van der Waals surface area contributed by atoms with Crippen molar-refractivity contribution in [3.05, 3.63) is 95.1 Å². The Bertz CT molecular complexity index is 1550. The summed E-state index contributed by atoms with van der Waals surface area (Å²) in [7, 11) is 0. The van der Waals surface area contributed by atoms with Gasteiger partial charge in [0.2, 0.25) is 0 Å². The van der Waals surface area contributed by atoms with Crippen molar-refractivity contribution in [3.63, 3.8) is 0 Å². The lowest BCUT2D eigenvalue weighted by Crippen LogP contribution is -2.33. The van der Waals surface area contributed by atoms with Crippen LogP contribution in [0.25, 0.3) is 10.9 Å². The van der Waals surface area contributed by atoms with Gasteiger partial charge in [0, 0.05) is 29.1 Å². The van der Waals surface area contributed by atoms with E-state index in [1.807, 2.05) is 75.4 Å². The summed E-state index contributed by atoms with van der Waals surface area (Å²) in [5.41, 5.74) is 10.4. The first-order chi connectivity index (χ1) is 20.1. The fraction of sp³-hybridized carbons (Fsp3) is 0.303. The molecule has 1 amide bonds. The minimum absolute atomic E-state index is 0.0488. The predicted octanol–water partition coefficient (Wildman–Crippen LogP) is 6.52. The maximum atomic E-state index is 12.2. The highest BCUT2D eigenvalue weighted by atomic mass is 16.6. The van der Waals surface area contributed by atoms with Crippen LogP contribution in [0.4, 0.5) is 10.5 Å². The molecule has 0 aliphatic carbocycles. The van der Waals surface area contributed by atoms with Gasteiger partial charge in [-0.3, -0.25) is 0 Å². The third-order valence-electron chi connectivity index (χ3n) is 6.50. The molecule has 0 saturated carbocycles. The van der Waals surface area contributed by atoms with Gasteiger partial charge < -0.3 is 30.6 Å². The Morgan fingerprint density at radius 1 is 1.02 bits per heavy atom. The Hall–Kier alpha value is -4.63. The average molecular weight is 571 g/mol. The van der Waals surface area contributed by atoms with Crippen LogP contribution in [0.15, 0.2) is 77.8 Å². The Kier molecular flexibility index (Phi) is 9.64. The Balaban J connectivity index is 1.55. The van der Waals surface area contributed by atoms with Crippen molar-refractivity contribution in [2.24, 2.45) is 10.7 Å². The lowest BCUT2D eigenvalue weighted by Gasteiger charge is -2.20. The van der Waals surface area contributed by atoms with Crippen molar-refractivity contribution in [2.45, 2.75) is 52.2 Å². The SMILES string of the molecule is CCOC(=O)c1ccc2c(C(=Nc3ccc(C(N)CCCNC(=O)OC(C)(C)C)cc3)c3ccccc3)c(O)[nH]c2c1.